The number of benzene rings is 3. The van der Waals surface area contributed by atoms with E-state index in [1.165, 1.54) is 0 Å². The Bertz CT molecular complexity index is 1630. The first kappa shape index (κ1) is 24.6. The van der Waals surface area contributed by atoms with Crippen LogP contribution in [0.15, 0.2) is 66.7 Å². The molecule has 8 nitrogen and oxygen atoms in total. The van der Waals surface area contributed by atoms with Crippen LogP contribution in [0.5, 0.6) is 0 Å². The minimum absolute atomic E-state index is 0.185. The lowest BCUT2D eigenvalue weighted by molar-refractivity contribution is -0.110. The molecule has 0 spiro atoms. The second-order valence-corrected chi connectivity index (χ2v) is 9.28. The van der Waals surface area contributed by atoms with E-state index >= 15 is 0 Å². The highest BCUT2D eigenvalue weighted by Gasteiger charge is 2.26. The van der Waals surface area contributed by atoms with Crippen molar-refractivity contribution in [2.75, 3.05) is 16.0 Å². The molecular formula is C30H27N5O3. The van der Waals surface area contributed by atoms with Crippen molar-refractivity contribution in [3.05, 3.63) is 106 Å². The van der Waals surface area contributed by atoms with E-state index in [2.05, 4.69) is 20.9 Å². The van der Waals surface area contributed by atoms with E-state index in [0.29, 0.717) is 45.0 Å². The Balaban J connectivity index is 1.39. The van der Waals surface area contributed by atoms with Gasteiger partial charge >= 0.3 is 0 Å². The van der Waals surface area contributed by atoms with Crippen molar-refractivity contribution in [2.45, 2.75) is 20.8 Å². The van der Waals surface area contributed by atoms with Gasteiger partial charge in [0.2, 0.25) is 0 Å². The molecule has 0 atom stereocenters. The van der Waals surface area contributed by atoms with Gasteiger partial charge in [0.25, 0.3) is 17.7 Å². The Hall–Kier alpha value is -5.11. The van der Waals surface area contributed by atoms with E-state index in [4.69, 9.17) is 5.73 Å². The molecule has 0 bridgehead atoms. The van der Waals surface area contributed by atoms with E-state index in [0.717, 1.165) is 22.5 Å². The molecule has 0 aliphatic carbocycles. The maximum Gasteiger partial charge on any atom is 0.256 e. The summed E-state index contributed by atoms with van der Waals surface area (Å²) in [5, 5.41) is 9.24. The third-order valence-corrected chi connectivity index (χ3v) is 6.62. The van der Waals surface area contributed by atoms with Crippen LogP contribution in [0.2, 0.25) is 0 Å². The molecule has 0 saturated carbocycles. The minimum Gasteiger partial charge on any atom is -0.366 e. The molecule has 5 rings (SSSR count). The zero-order valence-electron chi connectivity index (χ0n) is 21.2. The SMILES string of the molecule is Cc1ccc(NC(=O)c2ccccc2)cc1Nc1ccc2c(c1)NC(=O)/C2=C\c1[nH]c(C)c(C(N)=O)c1C. The number of H-pyrrole nitrogens is 1. The number of aromatic amines is 1. The summed E-state index contributed by atoms with van der Waals surface area (Å²) in [7, 11) is 0. The maximum atomic E-state index is 12.8. The van der Waals surface area contributed by atoms with Gasteiger partial charge < -0.3 is 26.7 Å². The monoisotopic (exact) mass is 505 g/mol. The lowest BCUT2D eigenvalue weighted by Crippen LogP contribution is -2.12. The number of nitrogens with one attached hydrogen (secondary N) is 4. The maximum absolute atomic E-state index is 12.8. The molecule has 4 aromatic rings. The van der Waals surface area contributed by atoms with Crippen molar-refractivity contribution < 1.29 is 14.4 Å². The minimum atomic E-state index is -0.508. The van der Waals surface area contributed by atoms with E-state index < -0.39 is 5.91 Å². The van der Waals surface area contributed by atoms with Crippen LogP contribution in [0.3, 0.4) is 0 Å². The number of anilines is 4. The average Bonchev–Trinajstić information content (AvgIpc) is 3.35. The standard InChI is InChI=1S/C30H27N5O3/c1-16-9-10-21(34-29(37)19-7-5-4-6-8-19)13-24(16)33-20-11-12-22-23(30(38)35-26(22)14-20)15-25-17(2)27(28(31)36)18(3)32-25/h4-15,32-33H,1-3H3,(H2,31,36)(H,34,37)(H,35,38)/b23-15-. The number of fused-ring (bicyclic) bond motifs is 1. The molecule has 0 fully saturated rings. The number of nitrogens with two attached hydrogens (primary N) is 1. The molecule has 8 heteroatoms. The van der Waals surface area contributed by atoms with Crippen molar-refractivity contribution in [1.29, 1.82) is 0 Å². The number of aryl methyl sites for hydroxylation is 2. The second kappa shape index (κ2) is 9.74. The van der Waals surface area contributed by atoms with Crippen LogP contribution in [0.1, 0.15) is 48.8 Å². The molecule has 1 aliphatic rings. The summed E-state index contributed by atoms with van der Waals surface area (Å²) >= 11 is 0. The zero-order chi connectivity index (χ0) is 27.0. The first-order valence-corrected chi connectivity index (χ1v) is 12.1. The van der Waals surface area contributed by atoms with Gasteiger partial charge in [-0.15, -0.1) is 0 Å². The van der Waals surface area contributed by atoms with Crippen molar-refractivity contribution in [1.82, 2.24) is 4.98 Å². The first-order chi connectivity index (χ1) is 18.2. The van der Waals surface area contributed by atoms with Crippen LogP contribution >= 0.6 is 0 Å². The Morgan fingerprint density at radius 2 is 1.66 bits per heavy atom. The van der Waals surface area contributed by atoms with Gasteiger partial charge in [-0.2, -0.15) is 0 Å². The fraction of sp³-hybridized carbons (Fsp3) is 0.100. The molecule has 190 valence electrons. The molecule has 0 unspecified atom stereocenters. The number of primary amides is 1. The fourth-order valence-corrected chi connectivity index (χ4v) is 4.63. The summed E-state index contributed by atoms with van der Waals surface area (Å²) in [5.74, 6) is -0.923. The first-order valence-electron chi connectivity index (χ1n) is 12.1. The molecule has 3 aromatic carbocycles. The smallest absolute Gasteiger partial charge is 0.256 e. The van der Waals surface area contributed by atoms with E-state index in [-0.39, 0.29) is 11.8 Å². The topological polar surface area (TPSA) is 129 Å². The molecule has 38 heavy (non-hydrogen) atoms. The normalized spacial score (nSPS) is 13.2. The number of rotatable bonds is 6. The Kier molecular flexibility index (Phi) is 6.30. The Morgan fingerprint density at radius 3 is 2.37 bits per heavy atom. The number of hydrogen-bond acceptors (Lipinski definition) is 4. The van der Waals surface area contributed by atoms with Crippen LogP contribution in [0.25, 0.3) is 11.6 Å². The Labute approximate surface area is 220 Å². The van der Waals surface area contributed by atoms with Gasteiger partial charge in [-0.05, 0) is 74.4 Å². The number of amides is 3. The van der Waals surface area contributed by atoms with Crippen molar-refractivity contribution >= 4 is 52.1 Å². The molecule has 1 aliphatic heterocycles. The van der Waals surface area contributed by atoms with Crippen molar-refractivity contribution in [3.8, 4) is 0 Å². The van der Waals surface area contributed by atoms with E-state index in [9.17, 15) is 14.4 Å². The third-order valence-electron chi connectivity index (χ3n) is 6.62. The van der Waals surface area contributed by atoms with Gasteiger partial charge in [0.15, 0.2) is 0 Å². The largest absolute Gasteiger partial charge is 0.366 e. The van der Waals surface area contributed by atoms with Crippen LogP contribution in [0, 0.1) is 20.8 Å². The summed E-state index contributed by atoms with van der Waals surface area (Å²) in [5.41, 5.74) is 13.8. The Morgan fingerprint density at radius 1 is 0.921 bits per heavy atom. The van der Waals surface area contributed by atoms with Gasteiger partial charge in [-0.25, -0.2) is 0 Å². The summed E-state index contributed by atoms with van der Waals surface area (Å²) in [6, 6.07) is 20.3. The quantitative estimate of drug-likeness (QED) is 0.221. The molecule has 1 aromatic heterocycles. The van der Waals surface area contributed by atoms with Crippen LogP contribution in [0.4, 0.5) is 22.7 Å². The van der Waals surface area contributed by atoms with Crippen molar-refractivity contribution in [2.24, 2.45) is 5.73 Å². The molecule has 2 heterocycles. The van der Waals surface area contributed by atoms with E-state index in [1.807, 2.05) is 61.5 Å². The number of carbonyl (C=O) groups excluding carboxylic acids is 3. The van der Waals surface area contributed by atoms with Gasteiger partial charge in [-0.3, -0.25) is 14.4 Å². The van der Waals surface area contributed by atoms with Gasteiger partial charge in [0.05, 0.1) is 16.8 Å². The fourth-order valence-electron chi connectivity index (χ4n) is 4.63. The zero-order valence-corrected chi connectivity index (χ0v) is 21.2. The molecule has 0 saturated heterocycles. The third kappa shape index (κ3) is 4.67. The summed E-state index contributed by atoms with van der Waals surface area (Å²) in [4.78, 5) is 40.3. The van der Waals surface area contributed by atoms with Gasteiger partial charge in [0.1, 0.15) is 0 Å². The van der Waals surface area contributed by atoms with Gasteiger partial charge in [0, 0.05) is 39.6 Å². The highest BCUT2D eigenvalue weighted by Crippen LogP contribution is 2.37. The summed E-state index contributed by atoms with van der Waals surface area (Å²) < 4.78 is 0. The number of hydrogen-bond donors (Lipinski definition) is 5. The molecule has 0 radical (unpaired) electrons. The predicted molar refractivity (Wildman–Crippen MR) is 151 cm³/mol. The summed E-state index contributed by atoms with van der Waals surface area (Å²) in [6.07, 6.45) is 1.74. The molecular weight excluding hydrogens is 478 g/mol. The number of carbonyl (C=O) groups is 3. The lowest BCUT2D eigenvalue weighted by Gasteiger charge is -2.13. The van der Waals surface area contributed by atoms with Crippen LogP contribution in [-0.4, -0.2) is 22.7 Å². The predicted octanol–water partition coefficient (Wildman–Crippen LogP) is 5.53. The van der Waals surface area contributed by atoms with E-state index in [1.54, 1.807) is 32.1 Å². The van der Waals surface area contributed by atoms with Gasteiger partial charge in [-0.1, -0.05) is 30.3 Å². The van der Waals surface area contributed by atoms with Crippen LogP contribution in [-0.2, 0) is 4.79 Å². The molecule has 3 amide bonds. The number of aromatic nitrogens is 1. The second-order valence-electron chi connectivity index (χ2n) is 9.28. The van der Waals surface area contributed by atoms with Crippen molar-refractivity contribution in [3.63, 3.8) is 0 Å². The van der Waals surface area contributed by atoms with Crippen LogP contribution < -0.4 is 21.7 Å². The molecule has 6 N–H and O–H groups in total. The highest BCUT2D eigenvalue weighted by atomic mass is 16.2. The lowest BCUT2D eigenvalue weighted by atomic mass is 10.0. The average molecular weight is 506 g/mol. The highest BCUT2D eigenvalue weighted by molar-refractivity contribution is 6.35. The summed E-state index contributed by atoms with van der Waals surface area (Å²) in [6.45, 7) is 5.55.